The second-order valence-corrected chi connectivity index (χ2v) is 7.44. The van der Waals surface area contributed by atoms with Gasteiger partial charge < -0.3 is 10.0 Å². The Morgan fingerprint density at radius 2 is 1.69 bits per heavy atom. The first-order valence-electron chi connectivity index (χ1n) is 9.52. The monoisotopic (exact) mass is 390 g/mol. The summed E-state index contributed by atoms with van der Waals surface area (Å²) in [5, 5.41) is 17.9. The highest BCUT2D eigenvalue weighted by atomic mass is 16.4. The van der Waals surface area contributed by atoms with Crippen molar-refractivity contribution in [2.45, 2.75) is 19.8 Å². The topological polar surface area (TPSA) is 88.3 Å². The Hall–Kier alpha value is -3.48. The number of carboxylic acid groups (broad SMARTS) is 1. The Morgan fingerprint density at radius 1 is 1.00 bits per heavy atom. The molecule has 1 aliphatic rings. The molecule has 0 bridgehead atoms. The molecule has 1 fully saturated rings. The molecular weight excluding hydrogens is 368 g/mol. The number of aryl methyl sites for hydroxylation is 1. The van der Waals surface area contributed by atoms with Crippen LogP contribution in [0, 0.1) is 19.8 Å². The van der Waals surface area contributed by atoms with Crippen LogP contribution in [0.1, 0.15) is 33.2 Å². The summed E-state index contributed by atoms with van der Waals surface area (Å²) in [7, 11) is 0. The van der Waals surface area contributed by atoms with E-state index in [0.717, 1.165) is 16.8 Å². The third-order valence-corrected chi connectivity index (χ3v) is 5.53. The van der Waals surface area contributed by atoms with E-state index in [2.05, 4.69) is 10.3 Å². The molecule has 2 atom stereocenters. The number of nitrogens with zero attached hydrogens (tertiary/aromatic N) is 4. The fraction of sp³-hybridized carbons (Fsp3) is 0.273. The van der Waals surface area contributed by atoms with E-state index in [1.165, 1.54) is 0 Å². The van der Waals surface area contributed by atoms with Gasteiger partial charge in [-0.1, -0.05) is 53.2 Å². The molecule has 0 saturated carbocycles. The zero-order valence-corrected chi connectivity index (χ0v) is 16.3. The molecule has 0 radical (unpaired) electrons. The van der Waals surface area contributed by atoms with Crippen LogP contribution in [-0.2, 0) is 4.79 Å². The number of rotatable bonds is 4. The summed E-state index contributed by atoms with van der Waals surface area (Å²) in [5.74, 6) is -2.07. The largest absolute Gasteiger partial charge is 0.481 e. The minimum Gasteiger partial charge on any atom is -0.481 e. The Kier molecular flexibility index (Phi) is 4.88. The van der Waals surface area contributed by atoms with E-state index in [1.54, 1.807) is 16.5 Å². The van der Waals surface area contributed by atoms with Gasteiger partial charge in [0.15, 0.2) is 5.69 Å². The average Bonchev–Trinajstić information content (AvgIpc) is 3.33. The van der Waals surface area contributed by atoms with Crippen LogP contribution in [-0.4, -0.2) is 50.0 Å². The number of aromatic nitrogens is 3. The molecule has 1 aliphatic heterocycles. The highest BCUT2D eigenvalue weighted by molar-refractivity contribution is 5.94. The summed E-state index contributed by atoms with van der Waals surface area (Å²) < 4.78 is 1.63. The van der Waals surface area contributed by atoms with E-state index in [9.17, 15) is 14.7 Å². The van der Waals surface area contributed by atoms with Crippen molar-refractivity contribution in [1.29, 1.82) is 0 Å². The SMILES string of the molecule is Cc1ccc(-n2nnc(C(=O)N3CC(C(=O)O)C(c4ccccc4)C3)c2C)cc1. The number of carbonyl (C=O) groups is 2. The predicted molar refractivity (Wildman–Crippen MR) is 107 cm³/mol. The van der Waals surface area contributed by atoms with Gasteiger partial charge in [0.25, 0.3) is 5.91 Å². The number of aliphatic carboxylic acids is 1. The second kappa shape index (κ2) is 7.50. The van der Waals surface area contributed by atoms with Gasteiger partial charge in [-0.2, -0.15) is 0 Å². The number of likely N-dealkylation sites (tertiary alicyclic amines) is 1. The van der Waals surface area contributed by atoms with Crippen molar-refractivity contribution in [2.24, 2.45) is 5.92 Å². The maximum Gasteiger partial charge on any atom is 0.308 e. The molecule has 7 heteroatoms. The molecule has 29 heavy (non-hydrogen) atoms. The van der Waals surface area contributed by atoms with E-state index >= 15 is 0 Å². The summed E-state index contributed by atoms with van der Waals surface area (Å²) in [5.41, 5.74) is 3.77. The van der Waals surface area contributed by atoms with E-state index in [1.807, 2.05) is 61.5 Å². The molecule has 148 valence electrons. The highest BCUT2D eigenvalue weighted by Crippen LogP contribution is 2.33. The lowest BCUT2D eigenvalue weighted by molar-refractivity contribution is -0.141. The minimum atomic E-state index is -0.894. The fourth-order valence-electron chi connectivity index (χ4n) is 3.87. The zero-order chi connectivity index (χ0) is 20.5. The lowest BCUT2D eigenvalue weighted by atomic mass is 9.89. The second-order valence-electron chi connectivity index (χ2n) is 7.44. The number of hydrogen-bond acceptors (Lipinski definition) is 4. The summed E-state index contributed by atoms with van der Waals surface area (Å²) >= 11 is 0. The molecule has 1 N–H and O–H groups in total. The zero-order valence-electron chi connectivity index (χ0n) is 16.3. The molecule has 1 aromatic heterocycles. The molecule has 3 aromatic rings. The predicted octanol–water partition coefficient (Wildman–Crippen LogP) is 2.82. The quantitative estimate of drug-likeness (QED) is 0.740. The Morgan fingerprint density at radius 3 is 2.34 bits per heavy atom. The number of carboxylic acids is 1. The number of carbonyl (C=O) groups excluding carboxylic acids is 1. The van der Waals surface area contributed by atoms with Gasteiger partial charge in [-0.15, -0.1) is 5.10 Å². The molecule has 1 amide bonds. The van der Waals surface area contributed by atoms with Crippen LogP contribution < -0.4 is 0 Å². The van der Waals surface area contributed by atoms with Gasteiger partial charge >= 0.3 is 5.97 Å². The van der Waals surface area contributed by atoms with Crippen LogP contribution >= 0.6 is 0 Å². The first-order chi connectivity index (χ1) is 14.0. The lowest BCUT2D eigenvalue weighted by Crippen LogP contribution is -2.30. The normalized spacial score (nSPS) is 18.8. The van der Waals surface area contributed by atoms with Gasteiger partial charge in [0.2, 0.25) is 0 Å². The van der Waals surface area contributed by atoms with Gasteiger partial charge in [-0.25, -0.2) is 4.68 Å². The van der Waals surface area contributed by atoms with Crippen molar-refractivity contribution in [3.05, 3.63) is 77.1 Å². The number of amides is 1. The maximum absolute atomic E-state index is 13.1. The van der Waals surface area contributed by atoms with Gasteiger partial charge in [-0.05, 0) is 31.5 Å². The van der Waals surface area contributed by atoms with Crippen LogP contribution in [0.5, 0.6) is 0 Å². The van der Waals surface area contributed by atoms with Crippen LogP contribution in [0.4, 0.5) is 0 Å². The third kappa shape index (κ3) is 3.51. The van der Waals surface area contributed by atoms with E-state index in [4.69, 9.17) is 0 Å². The van der Waals surface area contributed by atoms with Crippen molar-refractivity contribution in [3.63, 3.8) is 0 Å². The molecular formula is C22H22N4O3. The molecule has 0 aliphatic carbocycles. The van der Waals surface area contributed by atoms with Gasteiger partial charge in [-0.3, -0.25) is 9.59 Å². The van der Waals surface area contributed by atoms with Crippen molar-refractivity contribution >= 4 is 11.9 Å². The standard InChI is InChI=1S/C22H22N4O3/c1-14-8-10-17(11-9-14)26-15(2)20(23-24-26)21(27)25-12-18(19(13-25)22(28)29)16-6-4-3-5-7-16/h3-11,18-19H,12-13H2,1-2H3,(H,28,29). The van der Waals surface area contributed by atoms with Crippen LogP contribution in [0.3, 0.4) is 0 Å². The first-order valence-corrected chi connectivity index (χ1v) is 9.52. The number of hydrogen-bond donors (Lipinski definition) is 1. The molecule has 2 aromatic carbocycles. The summed E-state index contributed by atoms with van der Waals surface area (Å²) in [6.07, 6.45) is 0. The molecule has 7 nitrogen and oxygen atoms in total. The molecule has 1 saturated heterocycles. The van der Waals surface area contributed by atoms with Crippen molar-refractivity contribution in [3.8, 4) is 5.69 Å². The van der Waals surface area contributed by atoms with Crippen LogP contribution in [0.2, 0.25) is 0 Å². The number of benzene rings is 2. The van der Waals surface area contributed by atoms with Gasteiger partial charge in [0, 0.05) is 19.0 Å². The fourth-order valence-corrected chi connectivity index (χ4v) is 3.87. The molecule has 2 heterocycles. The van der Waals surface area contributed by atoms with Crippen molar-refractivity contribution in [2.75, 3.05) is 13.1 Å². The molecule has 0 spiro atoms. The van der Waals surface area contributed by atoms with Gasteiger partial charge in [0.05, 0.1) is 17.3 Å². The lowest BCUT2D eigenvalue weighted by Gasteiger charge is -2.15. The summed E-state index contributed by atoms with van der Waals surface area (Å²) in [4.78, 5) is 26.5. The Bertz CT molecular complexity index is 1040. The van der Waals surface area contributed by atoms with E-state index < -0.39 is 11.9 Å². The Labute approximate surface area is 168 Å². The third-order valence-electron chi connectivity index (χ3n) is 5.53. The maximum atomic E-state index is 13.1. The smallest absolute Gasteiger partial charge is 0.308 e. The summed E-state index contributed by atoms with van der Waals surface area (Å²) in [6, 6.07) is 17.3. The highest BCUT2D eigenvalue weighted by Gasteiger charge is 2.41. The van der Waals surface area contributed by atoms with Crippen LogP contribution in [0.15, 0.2) is 54.6 Å². The van der Waals surface area contributed by atoms with Crippen molar-refractivity contribution in [1.82, 2.24) is 19.9 Å². The van der Waals surface area contributed by atoms with E-state index in [-0.39, 0.29) is 24.1 Å². The molecule has 4 rings (SSSR count). The first kappa shape index (κ1) is 18.9. The Balaban J connectivity index is 1.60. The van der Waals surface area contributed by atoms with Crippen LogP contribution in [0.25, 0.3) is 5.69 Å². The summed E-state index contributed by atoms with van der Waals surface area (Å²) in [6.45, 7) is 4.30. The average molecular weight is 390 g/mol. The minimum absolute atomic E-state index is 0.157. The molecule has 2 unspecified atom stereocenters. The van der Waals surface area contributed by atoms with E-state index in [0.29, 0.717) is 12.2 Å². The van der Waals surface area contributed by atoms with Crippen molar-refractivity contribution < 1.29 is 14.7 Å². The van der Waals surface area contributed by atoms with Gasteiger partial charge in [0.1, 0.15) is 0 Å².